The molecular formula is C27H27F2N3O7. The van der Waals surface area contributed by atoms with Crippen LogP contribution in [-0.2, 0) is 20.9 Å². The summed E-state index contributed by atoms with van der Waals surface area (Å²) in [5, 5.41) is 25.6. The van der Waals surface area contributed by atoms with Crippen molar-refractivity contribution in [2.45, 2.75) is 38.1 Å². The number of benzene rings is 2. The fourth-order valence-corrected chi connectivity index (χ4v) is 5.92. The maximum Gasteiger partial charge on any atom is 0.428 e. The second kappa shape index (κ2) is 10.7. The Kier molecular flexibility index (Phi) is 7.32. The van der Waals surface area contributed by atoms with Gasteiger partial charge in [-0.3, -0.25) is 9.59 Å². The van der Waals surface area contributed by atoms with E-state index < -0.39 is 65.4 Å². The summed E-state index contributed by atoms with van der Waals surface area (Å²) in [6.45, 7) is -0.0236. The zero-order valence-electron chi connectivity index (χ0n) is 20.9. The van der Waals surface area contributed by atoms with E-state index in [-0.39, 0.29) is 25.1 Å². The third-order valence-electron chi connectivity index (χ3n) is 7.75. The molecule has 1 saturated heterocycles. The van der Waals surface area contributed by atoms with Gasteiger partial charge in [-0.15, -0.1) is 0 Å². The Morgan fingerprint density at radius 1 is 1.08 bits per heavy atom. The summed E-state index contributed by atoms with van der Waals surface area (Å²) in [6.07, 6.45) is -2.96. The van der Waals surface area contributed by atoms with Crippen molar-refractivity contribution in [1.82, 2.24) is 5.43 Å². The first-order chi connectivity index (χ1) is 18.7. The maximum atomic E-state index is 14.5. The molecule has 2 aliphatic carbocycles. The van der Waals surface area contributed by atoms with Crippen LogP contribution in [-0.4, -0.2) is 53.2 Å². The minimum absolute atomic E-state index is 0.0236. The third kappa shape index (κ3) is 4.97. The third-order valence-corrected chi connectivity index (χ3v) is 7.75. The van der Waals surface area contributed by atoms with Crippen LogP contribution in [0.1, 0.15) is 24.8 Å². The van der Waals surface area contributed by atoms with E-state index in [9.17, 15) is 33.4 Å². The van der Waals surface area contributed by atoms with Gasteiger partial charge in [-0.1, -0.05) is 12.1 Å². The fourth-order valence-electron chi connectivity index (χ4n) is 5.92. The van der Waals surface area contributed by atoms with Crippen LogP contribution in [0, 0.1) is 35.3 Å². The Hall–Kier alpha value is -3.90. The number of nitrogens with one attached hydrogen (secondary N) is 1. The van der Waals surface area contributed by atoms with E-state index in [1.807, 2.05) is 0 Å². The van der Waals surface area contributed by atoms with Crippen molar-refractivity contribution in [3.05, 3.63) is 59.7 Å². The van der Waals surface area contributed by atoms with Gasteiger partial charge in [-0.2, -0.15) is 5.10 Å². The Labute approximate surface area is 222 Å². The molecule has 2 aromatic rings. The van der Waals surface area contributed by atoms with Crippen LogP contribution >= 0.6 is 0 Å². The van der Waals surface area contributed by atoms with Crippen molar-refractivity contribution in [3.63, 3.8) is 0 Å². The first-order valence-electron chi connectivity index (χ1n) is 12.5. The van der Waals surface area contributed by atoms with Gasteiger partial charge in [0.05, 0.1) is 36.8 Å². The SMILES string of the molecule is COc1ccc(COC(=O)N/N=C2/C[C@@H](O)[C@@H](O)[C@@H]3[C@H]4C(=O)N(c5ccc(F)cc5F)C(=O)[C@@H]4CC[C@@H]23)cc1. The number of rotatable bonds is 5. The van der Waals surface area contributed by atoms with Gasteiger partial charge in [0.2, 0.25) is 11.8 Å². The summed E-state index contributed by atoms with van der Waals surface area (Å²) in [5.41, 5.74) is 3.01. The maximum absolute atomic E-state index is 14.5. The molecule has 3 fully saturated rings. The number of hydrogen-bond donors (Lipinski definition) is 3. The van der Waals surface area contributed by atoms with Crippen LogP contribution in [0.15, 0.2) is 47.6 Å². The summed E-state index contributed by atoms with van der Waals surface area (Å²) < 4.78 is 38.2. The highest BCUT2D eigenvalue weighted by molar-refractivity contribution is 6.22. The first kappa shape index (κ1) is 26.7. The average molecular weight is 544 g/mol. The number of carbonyl (C=O) groups excluding carboxylic acids is 3. The minimum Gasteiger partial charge on any atom is -0.497 e. The molecule has 2 aromatic carbocycles. The van der Waals surface area contributed by atoms with E-state index in [0.717, 1.165) is 17.7 Å². The number of halogens is 2. The molecule has 0 radical (unpaired) electrons. The molecule has 1 heterocycles. The molecule has 0 bridgehead atoms. The lowest BCUT2D eigenvalue weighted by atomic mass is 9.60. The molecular weight excluding hydrogens is 516 g/mol. The zero-order chi connectivity index (χ0) is 27.8. The Balaban J connectivity index is 1.32. The Morgan fingerprint density at radius 2 is 1.79 bits per heavy atom. The summed E-state index contributed by atoms with van der Waals surface area (Å²) in [5.74, 6) is -5.93. The number of aliphatic hydroxyl groups is 2. The van der Waals surface area contributed by atoms with Gasteiger partial charge in [-0.05, 0) is 42.7 Å². The number of hydrazone groups is 1. The zero-order valence-corrected chi connectivity index (χ0v) is 20.9. The number of carbonyl (C=O) groups is 3. The molecule has 3 N–H and O–H groups in total. The Bertz CT molecular complexity index is 1320. The van der Waals surface area contributed by atoms with Gasteiger partial charge < -0.3 is 19.7 Å². The molecule has 12 heteroatoms. The van der Waals surface area contributed by atoms with Gasteiger partial charge in [0.1, 0.15) is 24.0 Å². The number of amides is 3. The van der Waals surface area contributed by atoms with E-state index >= 15 is 0 Å². The molecule has 3 aliphatic rings. The summed E-state index contributed by atoms with van der Waals surface area (Å²) in [4.78, 5) is 39.6. The number of ether oxygens (including phenoxy) is 2. The largest absolute Gasteiger partial charge is 0.497 e. The van der Waals surface area contributed by atoms with Crippen molar-refractivity contribution in [2.24, 2.45) is 28.8 Å². The van der Waals surface area contributed by atoms with E-state index in [0.29, 0.717) is 28.8 Å². The standard InChI is InChI=1S/C27H27F2N3O7/c1-38-15-5-2-13(3-6-15)12-39-27(37)31-30-19-11-21(33)24(34)22-16(19)7-8-17-23(22)26(36)32(25(17)35)20-9-4-14(28)10-18(20)29/h2-6,9-10,16-17,21-24,33-34H,7-8,11-12H2,1H3,(H,31,37)/b30-19-/t16-,17+,21+,22-,23-,24+/m0/s1. The number of anilines is 1. The number of hydrogen-bond acceptors (Lipinski definition) is 8. The van der Waals surface area contributed by atoms with Gasteiger partial charge in [0, 0.05) is 30.0 Å². The summed E-state index contributed by atoms with van der Waals surface area (Å²) >= 11 is 0. The van der Waals surface area contributed by atoms with E-state index in [4.69, 9.17) is 9.47 Å². The molecule has 5 rings (SSSR count). The molecule has 0 spiro atoms. The van der Waals surface area contributed by atoms with E-state index in [2.05, 4.69) is 10.5 Å². The number of aliphatic hydroxyl groups excluding tert-OH is 2. The molecule has 3 amide bonds. The van der Waals surface area contributed by atoms with Gasteiger partial charge in [0.25, 0.3) is 0 Å². The van der Waals surface area contributed by atoms with Crippen molar-refractivity contribution < 1.29 is 42.9 Å². The highest BCUT2D eigenvalue weighted by atomic mass is 19.1. The topological polar surface area (TPSA) is 138 Å². The normalized spacial score (nSPS) is 29.2. The Morgan fingerprint density at radius 3 is 2.49 bits per heavy atom. The minimum atomic E-state index is -1.35. The summed E-state index contributed by atoms with van der Waals surface area (Å²) in [6, 6.07) is 9.49. The van der Waals surface area contributed by atoms with Gasteiger partial charge in [0.15, 0.2) is 0 Å². The first-order valence-corrected chi connectivity index (χ1v) is 12.5. The smallest absolute Gasteiger partial charge is 0.428 e. The molecule has 0 aromatic heterocycles. The number of nitrogens with zero attached hydrogens (tertiary/aromatic N) is 2. The van der Waals surface area contributed by atoms with Gasteiger partial charge in [-0.25, -0.2) is 23.9 Å². The molecule has 10 nitrogen and oxygen atoms in total. The highest BCUT2D eigenvalue weighted by Gasteiger charge is 2.60. The second-order valence-electron chi connectivity index (χ2n) is 9.90. The van der Waals surface area contributed by atoms with E-state index in [1.54, 1.807) is 24.3 Å². The van der Waals surface area contributed by atoms with Crippen molar-refractivity contribution in [2.75, 3.05) is 12.0 Å². The van der Waals surface area contributed by atoms with Crippen LogP contribution in [0.25, 0.3) is 0 Å². The van der Waals surface area contributed by atoms with Crippen molar-refractivity contribution in [1.29, 1.82) is 0 Å². The van der Waals surface area contributed by atoms with Crippen LogP contribution in [0.2, 0.25) is 0 Å². The van der Waals surface area contributed by atoms with Crippen LogP contribution in [0.4, 0.5) is 19.3 Å². The lowest BCUT2D eigenvalue weighted by molar-refractivity contribution is -0.132. The molecule has 1 aliphatic heterocycles. The monoisotopic (exact) mass is 543 g/mol. The molecule has 39 heavy (non-hydrogen) atoms. The second-order valence-corrected chi connectivity index (χ2v) is 9.90. The predicted molar refractivity (Wildman–Crippen MR) is 132 cm³/mol. The average Bonchev–Trinajstić information content (AvgIpc) is 3.18. The molecule has 206 valence electrons. The van der Waals surface area contributed by atoms with Crippen molar-refractivity contribution in [3.8, 4) is 5.75 Å². The quantitative estimate of drug-likeness (QED) is 0.389. The van der Waals surface area contributed by atoms with Crippen molar-refractivity contribution >= 4 is 29.3 Å². The predicted octanol–water partition coefficient (Wildman–Crippen LogP) is 2.51. The van der Waals surface area contributed by atoms with Crippen LogP contribution in [0.3, 0.4) is 0 Å². The number of imide groups is 1. The molecule has 2 saturated carbocycles. The molecule has 6 atom stereocenters. The summed E-state index contributed by atoms with van der Waals surface area (Å²) in [7, 11) is 1.54. The van der Waals surface area contributed by atoms with E-state index in [1.165, 1.54) is 7.11 Å². The molecule has 0 unspecified atom stereocenters. The van der Waals surface area contributed by atoms with Crippen LogP contribution < -0.4 is 15.1 Å². The number of methoxy groups -OCH3 is 1. The fraction of sp³-hybridized carbons (Fsp3) is 0.407. The number of fused-ring (bicyclic) bond motifs is 3. The van der Waals surface area contributed by atoms with Crippen LogP contribution in [0.5, 0.6) is 5.75 Å². The lowest BCUT2D eigenvalue weighted by Crippen LogP contribution is -2.55. The highest BCUT2D eigenvalue weighted by Crippen LogP contribution is 2.50. The lowest BCUT2D eigenvalue weighted by Gasteiger charge is -2.45. The van der Waals surface area contributed by atoms with Gasteiger partial charge >= 0.3 is 6.09 Å².